The molecule has 4 rings (SSSR count). The van der Waals surface area contributed by atoms with E-state index in [0.29, 0.717) is 28.2 Å². The van der Waals surface area contributed by atoms with Crippen LogP contribution in [0.4, 0.5) is 26.3 Å². The average Bonchev–Trinajstić information content (AvgIpc) is 2.89. The maximum atomic E-state index is 13.0. The molecular formula is C29H23F6NO3. The van der Waals surface area contributed by atoms with Crippen molar-refractivity contribution in [2.75, 3.05) is 6.61 Å². The molecular weight excluding hydrogens is 524 g/mol. The van der Waals surface area contributed by atoms with E-state index in [1.165, 1.54) is 24.3 Å². The Bertz CT molecular complexity index is 1340. The van der Waals surface area contributed by atoms with Gasteiger partial charge in [0.25, 0.3) is 0 Å². The van der Waals surface area contributed by atoms with E-state index in [0.717, 1.165) is 24.3 Å². The highest BCUT2D eigenvalue weighted by Gasteiger charge is 2.32. The number of aliphatic hydroxyl groups is 1. The summed E-state index contributed by atoms with van der Waals surface area (Å²) in [6, 6.07) is 24.0. The Hall–Kier alpha value is -4.02. The first kappa shape index (κ1) is 28.0. The molecule has 0 amide bonds. The molecule has 4 aromatic carbocycles. The second kappa shape index (κ2) is 11.8. The van der Waals surface area contributed by atoms with E-state index in [1.807, 2.05) is 18.2 Å². The minimum atomic E-state index is -4.85. The van der Waals surface area contributed by atoms with Gasteiger partial charge in [-0.25, -0.2) is 0 Å². The van der Waals surface area contributed by atoms with Gasteiger partial charge in [-0.1, -0.05) is 54.6 Å². The van der Waals surface area contributed by atoms with Crippen LogP contribution < -0.4 is 14.8 Å². The van der Waals surface area contributed by atoms with Crippen molar-refractivity contribution in [2.24, 2.45) is 0 Å². The van der Waals surface area contributed by atoms with Gasteiger partial charge in [-0.2, -0.15) is 13.2 Å². The summed E-state index contributed by atoms with van der Waals surface area (Å²) in [6.07, 6.45) is -9.37. The van der Waals surface area contributed by atoms with Gasteiger partial charge in [0.05, 0.1) is 24.3 Å². The molecule has 2 N–H and O–H groups in total. The number of alkyl halides is 6. The van der Waals surface area contributed by atoms with Crippen LogP contribution in [0.3, 0.4) is 0 Å². The highest BCUT2D eigenvalue weighted by molar-refractivity contribution is 5.41. The minimum Gasteiger partial charge on any atom is -0.457 e. The van der Waals surface area contributed by atoms with Gasteiger partial charge < -0.3 is 14.6 Å². The first-order valence-electron chi connectivity index (χ1n) is 11.7. The summed E-state index contributed by atoms with van der Waals surface area (Å²) in [5.41, 5.74) is 0.722. The fourth-order valence-corrected chi connectivity index (χ4v) is 3.99. The quantitative estimate of drug-likeness (QED) is 0.210. The molecule has 0 aliphatic rings. The van der Waals surface area contributed by atoms with Crippen LogP contribution in [-0.4, -0.2) is 18.1 Å². The zero-order valence-electron chi connectivity index (χ0n) is 20.2. The molecule has 0 aromatic heterocycles. The molecule has 0 aliphatic carbocycles. The van der Waals surface area contributed by atoms with Crippen molar-refractivity contribution in [2.45, 2.75) is 24.6 Å². The molecule has 4 aromatic rings. The van der Waals surface area contributed by atoms with E-state index in [-0.39, 0.29) is 0 Å². The summed E-state index contributed by atoms with van der Waals surface area (Å²) < 4.78 is 86.9. The van der Waals surface area contributed by atoms with E-state index in [9.17, 15) is 31.4 Å². The predicted octanol–water partition coefficient (Wildman–Crippen LogP) is 7.81. The molecule has 0 spiro atoms. The average molecular weight is 547 g/mol. The van der Waals surface area contributed by atoms with Crippen LogP contribution in [0, 0.1) is 0 Å². The second-order valence-electron chi connectivity index (χ2n) is 8.56. The molecule has 4 nitrogen and oxygen atoms in total. The lowest BCUT2D eigenvalue weighted by molar-refractivity contribution is -0.274. The summed E-state index contributed by atoms with van der Waals surface area (Å²) in [4.78, 5) is 0. The molecule has 204 valence electrons. The van der Waals surface area contributed by atoms with E-state index >= 15 is 0 Å². The first-order valence-corrected chi connectivity index (χ1v) is 11.7. The van der Waals surface area contributed by atoms with Crippen LogP contribution in [0.1, 0.15) is 34.3 Å². The number of nitrogens with one attached hydrogen (secondary N) is 1. The van der Waals surface area contributed by atoms with Gasteiger partial charge in [0.15, 0.2) is 0 Å². The van der Waals surface area contributed by atoms with E-state index in [2.05, 4.69) is 10.1 Å². The molecule has 0 heterocycles. The van der Waals surface area contributed by atoms with Crippen molar-refractivity contribution in [3.63, 3.8) is 0 Å². The summed E-state index contributed by atoms with van der Waals surface area (Å²) in [7, 11) is 0. The molecule has 0 fully saturated rings. The number of halogens is 6. The zero-order chi connectivity index (χ0) is 28.0. The zero-order valence-corrected chi connectivity index (χ0v) is 20.2. The van der Waals surface area contributed by atoms with Gasteiger partial charge >= 0.3 is 12.5 Å². The van der Waals surface area contributed by atoms with Crippen molar-refractivity contribution in [1.82, 2.24) is 5.32 Å². The molecule has 0 aliphatic heterocycles. The first-order chi connectivity index (χ1) is 18.5. The van der Waals surface area contributed by atoms with Crippen molar-refractivity contribution < 1.29 is 40.9 Å². The number of rotatable bonds is 9. The number of para-hydroxylation sites is 1. The second-order valence-corrected chi connectivity index (χ2v) is 8.56. The lowest BCUT2D eigenvalue weighted by Gasteiger charge is -2.27. The SMILES string of the molecule is OCC(NC(c1ccc(OC(F)(F)F)cc1)c1cccc(Oc2ccccc2)c1)c1ccc(C(F)(F)F)cc1. The van der Waals surface area contributed by atoms with Gasteiger partial charge in [-0.05, 0) is 65.2 Å². The fraction of sp³-hybridized carbons (Fsp3) is 0.172. The third kappa shape index (κ3) is 7.75. The summed E-state index contributed by atoms with van der Waals surface area (Å²) in [5.74, 6) is 0.663. The van der Waals surface area contributed by atoms with Gasteiger partial charge in [0, 0.05) is 0 Å². The standard InChI is InChI=1S/C29H23F6NO3/c30-28(31,32)22-13-9-19(10-14-22)26(18-37)36-27(20-11-15-24(16-12-20)39-29(33,34)35)21-5-4-8-25(17-21)38-23-6-2-1-3-7-23/h1-17,26-27,36-37H,18H2. The summed E-state index contributed by atoms with van der Waals surface area (Å²) in [6.45, 7) is -0.461. The van der Waals surface area contributed by atoms with Gasteiger partial charge in [-0.3, -0.25) is 5.32 Å². The van der Waals surface area contributed by atoms with Crippen molar-refractivity contribution in [1.29, 1.82) is 0 Å². The number of hydrogen-bond acceptors (Lipinski definition) is 4. The predicted molar refractivity (Wildman–Crippen MR) is 132 cm³/mol. The molecule has 2 atom stereocenters. The van der Waals surface area contributed by atoms with Crippen LogP contribution >= 0.6 is 0 Å². The monoisotopic (exact) mass is 547 g/mol. The minimum absolute atomic E-state index is 0.393. The van der Waals surface area contributed by atoms with E-state index in [1.54, 1.807) is 36.4 Å². The van der Waals surface area contributed by atoms with Crippen molar-refractivity contribution in [3.8, 4) is 17.2 Å². The number of aliphatic hydroxyl groups excluding tert-OH is 1. The Morgan fingerprint density at radius 2 is 1.26 bits per heavy atom. The van der Waals surface area contributed by atoms with Crippen LogP contribution in [0.2, 0.25) is 0 Å². The van der Waals surface area contributed by atoms with Gasteiger partial charge in [0.2, 0.25) is 0 Å². The highest BCUT2D eigenvalue weighted by Crippen LogP contribution is 2.33. The molecule has 0 bridgehead atoms. The Labute approximate surface area is 220 Å². The van der Waals surface area contributed by atoms with Gasteiger partial charge in [0.1, 0.15) is 17.2 Å². The van der Waals surface area contributed by atoms with Crippen LogP contribution in [0.25, 0.3) is 0 Å². The van der Waals surface area contributed by atoms with Crippen LogP contribution in [0.15, 0.2) is 103 Å². The fourth-order valence-electron chi connectivity index (χ4n) is 3.99. The molecule has 39 heavy (non-hydrogen) atoms. The topological polar surface area (TPSA) is 50.7 Å². The molecule has 2 unspecified atom stereocenters. The molecule has 10 heteroatoms. The summed E-state index contributed by atoms with van der Waals surface area (Å²) in [5, 5.41) is 13.3. The highest BCUT2D eigenvalue weighted by atomic mass is 19.4. The lowest BCUT2D eigenvalue weighted by atomic mass is 9.95. The van der Waals surface area contributed by atoms with Crippen molar-refractivity contribution >= 4 is 0 Å². The Kier molecular flexibility index (Phi) is 8.47. The number of hydrogen-bond donors (Lipinski definition) is 2. The third-order valence-corrected chi connectivity index (χ3v) is 5.81. The maximum absolute atomic E-state index is 13.0. The van der Waals surface area contributed by atoms with Crippen molar-refractivity contribution in [3.05, 3.63) is 125 Å². The molecule has 0 saturated heterocycles. The number of ether oxygens (including phenoxy) is 2. The van der Waals surface area contributed by atoms with Crippen LogP contribution in [-0.2, 0) is 6.18 Å². The lowest BCUT2D eigenvalue weighted by Crippen LogP contribution is -2.30. The van der Waals surface area contributed by atoms with E-state index in [4.69, 9.17) is 4.74 Å². The largest absolute Gasteiger partial charge is 0.573 e. The third-order valence-electron chi connectivity index (χ3n) is 5.81. The molecule has 0 radical (unpaired) electrons. The molecule has 0 saturated carbocycles. The smallest absolute Gasteiger partial charge is 0.457 e. The number of benzene rings is 4. The Morgan fingerprint density at radius 3 is 1.85 bits per heavy atom. The Balaban J connectivity index is 1.67. The Morgan fingerprint density at radius 1 is 0.641 bits per heavy atom. The maximum Gasteiger partial charge on any atom is 0.573 e. The summed E-state index contributed by atoms with van der Waals surface area (Å²) >= 11 is 0. The van der Waals surface area contributed by atoms with Gasteiger partial charge in [-0.15, -0.1) is 13.2 Å². The van der Waals surface area contributed by atoms with Crippen LogP contribution in [0.5, 0.6) is 17.2 Å². The van der Waals surface area contributed by atoms with E-state index < -0.39 is 42.5 Å². The normalized spacial score (nSPS) is 13.5.